The molecule has 1 aromatic rings. The highest BCUT2D eigenvalue weighted by Crippen LogP contribution is 2.19. The van der Waals surface area contributed by atoms with E-state index in [0.717, 1.165) is 12.5 Å². The summed E-state index contributed by atoms with van der Waals surface area (Å²) in [6.07, 6.45) is 8.01. The van der Waals surface area contributed by atoms with E-state index in [1.807, 2.05) is 0 Å². The van der Waals surface area contributed by atoms with Crippen LogP contribution in [0.1, 0.15) is 70.9 Å². The molecule has 1 nitrogen and oxygen atoms in total. The van der Waals surface area contributed by atoms with Gasteiger partial charge in [-0.15, -0.1) is 0 Å². The Labute approximate surface area is 132 Å². The van der Waals surface area contributed by atoms with Gasteiger partial charge < -0.3 is 5.32 Å². The van der Waals surface area contributed by atoms with Gasteiger partial charge >= 0.3 is 0 Å². The molecule has 21 heavy (non-hydrogen) atoms. The fourth-order valence-corrected chi connectivity index (χ4v) is 2.74. The van der Waals surface area contributed by atoms with Crippen molar-refractivity contribution in [3.05, 3.63) is 35.4 Å². The summed E-state index contributed by atoms with van der Waals surface area (Å²) in [5.74, 6) is 0.752. The lowest BCUT2D eigenvalue weighted by Crippen LogP contribution is -2.39. The third kappa shape index (κ3) is 8.26. The van der Waals surface area contributed by atoms with Crippen LogP contribution in [0.3, 0.4) is 0 Å². The molecule has 0 aliphatic rings. The van der Waals surface area contributed by atoms with Gasteiger partial charge in [0.2, 0.25) is 0 Å². The van der Waals surface area contributed by atoms with Crippen LogP contribution in [0.4, 0.5) is 0 Å². The van der Waals surface area contributed by atoms with Crippen molar-refractivity contribution < 1.29 is 0 Å². The van der Waals surface area contributed by atoms with Crippen molar-refractivity contribution in [3.8, 4) is 0 Å². The average molecular weight is 290 g/mol. The lowest BCUT2D eigenvalue weighted by molar-refractivity contribution is 0.349. The first kappa shape index (κ1) is 18.2. The Morgan fingerprint density at radius 3 is 2.38 bits per heavy atom. The van der Waals surface area contributed by atoms with Crippen LogP contribution in [0.25, 0.3) is 0 Å². The maximum Gasteiger partial charge on any atom is 0.00966 e. The van der Waals surface area contributed by atoms with Gasteiger partial charge in [0, 0.05) is 5.54 Å². The fraction of sp³-hybridized carbons (Fsp3) is 0.700. The minimum absolute atomic E-state index is 0.216. The van der Waals surface area contributed by atoms with E-state index in [0.29, 0.717) is 0 Å². The predicted octanol–water partition coefficient (Wildman–Crippen LogP) is 5.51. The highest BCUT2D eigenvalue weighted by molar-refractivity contribution is 5.25. The minimum atomic E-state index is 0.216. The Morgan fingerprint density at radius 1 is 1.05 bits per heavy atom. The van der Waals surface area contributed by atoms with E-state index in [4.69, 9.17) is 0 Å². The summed E-state index contributed by atoms with van der Waals surface area (Å²) in [5, 5.41) is 3.70. The largest absolute Gasteiger partial charge is 0.312 e. The van der Waals surface area contributed by atoms with Gasteiger partial charge in [0.15, 0.2) is 0 Å². The first-order valence-corrected chi connectivity index (χ1v) is 8.72. The van der Waals surface area contributed by atoms with E-state index in [-0.39, 0.29) is 5.54 Å². The van der Waals surface area contributed by atoms with Gasteiger partial charge in [-0.3, -0.25) is 0 Å². The van der Waals surface area contributed by atoms with E-state index >= 15 is 0 Å². The molecule has 0 heterocycles. The Kier molecular flexibility index (Phi) is 8.03. The van der Waals surface area contributed by atoms with Crippen LogP contribution in [-0.4, -0.2) is 12.1 Å². The zero-order chi connectivity index (χ0) is 15.7. The number of nitrogens with one attached hydrogen (secondary N) is 1. The molecule has 0 saturated heterocycles. The topological polar surface area (TPSA) is 12.0 Å². The third-order valence-electron chi connectivity index (χ3n) is 4.16. The lowest BCUT2D eigenvalue weighted by atomic mass is 9.91. The van der Waals surface area contributed by atoms with E-state index < -0.39 is 0 Å². The second kappa shape index (κ2) is 9.25. The summed E-state index contributed by atoms with van der Waals surface area (Å²) in [6, 6.07) is 8.85. The van der Waals surface area contributed by atoms with Gasteiger partial charge in [-0.2, -0.15) is 0 Å². The zero-order valence-corrected chi connectivity index (χ0v) is 14.8. The number of benzene rings is 1. The fourth-order valence-electron chi connectivity index (χ4n) is 2.74. The number of hydrogen-bond acceptors (Lipinski definition) is 1. The van der Waals surface area contributed by atoms with Gasteiger partial charge in [0.1, 0.15) is 0 Å². The molecule has 1 atom stereocenters. The summed E-state index contributed by atoms with van der Waals surface area (Å²) in [5.41, 5.74) is 3.17. The number of unbranched alkanes of at least 4 members (excludes halogenated alkanes) is 3. The highest BCUT2D eigenvalue weighted by atomic mass is 14.9. The standard InChI is InChI=1S/C20H35N/c1-6-7-8-9-13-18(16-21-20(3,4)5)15-19-14-11-10-12-17(19)2/h10-12,14,18,21H,6-9,13,15-16H2,1-5H3. The third-order valence-corrected chi connectivity index (χ3v) is 4.16. The summed E-state index contributed by atoms with van der Waals surface area (Å²) in [6.45, 7) is 12.4. The first-order chi connectivity index (χ1) is 9.92. The van der Waals surface area contributed by atoms with Crippen LogP contribution < -0.4 is 5.32 Å². The van der Waals surface area contributed by atoms with Crippen LogP contribution in [0.2, 0.25) is 0 Å². The van der Waals surface area contributed by atoms with Gasteiger partial charge in [0.05, 0.1) is 0 Å². The van der Waals surface area contributed by atoms with Crippen molar-refractivity contribution in [2.75, 3.05) is 6.54 Å². The van der Waals surface area contributed by atoms with E-state index in [2.05, 4.69) is 64.2 Å². The predicted molar refractivity (Wildman–Crippen MR) is 94.9 cm³/mol. The molecule has 0 amide bonds. The van der Waals surface area contributed by atoms with Gasteiger partial charge in [-0.1, -0.05) is 56.9 Å². The Balaban J connectivity index is 2.56. The molecule has 0 aromatic heterocycles. The molecule has 1 heteroatoms. The SMILES string of the molecule is CCCCCCC(CNC(C)(C)C)Cc1ccccc1C. The summed E-state index contributed by atoms with van der Waals surface area (Å²) < 4.78 is 0. The molecule has 0 saturated carbocycles. The molecule has 0 bridgehead atoms. The van der Waals surface area contributed by atoms with Crippen molar-refractivity contribution in [3.63, 3.8) is 0 Å². The second-order valence-electron chi connectivity index (χ2n) is 7.48. The first-order valence-electron chi connectivity index (χ1n) is 8.72. The number of hydrogen-bond donors (Lipinski definition) is 1. The molecule has 1 rings (SSSR count). The maximum absolute atomic E-state index is 3.70. The summed E-state index contributed by atoms with van der Waals surface area (Å²) >= 11 is 0. The molecule has 0 spiro atoms. The number of rotatable bonds is 9. The van der Waals surface area contributed by atoms with Gasteiger partial charge in [-0.05, 0) is 64.1 Å². The summed E-state index contributed by atoms with van der Waals surface area (Å²) in [4.78, 5) is 0. The molecule has 0 fully saturated rings. The molecule has 0 aliphatic heterocycles. The molecule has 1 unspecified atom stereocenters. The monoisotopic (exact) mass is 289 g/mol. The molecule has 1 aromatic carbocycles. The van der Waals surface area contributed by atoms with Crippen LogP contribution in [0.15, 0.2) is 24.3 Å². The molecular formula is C20H35N. The second-order valence-corrected chi connectivity index (χ2v) is 7.48. The molecule has 0 radical (unpaired) electrons. The molecule has 0 aliphatic carbocycles. The molecule has 1 N–H and O–H groups in total. The quantitative estimate of drug-likeness (QED) is 0.591. The smallest absolute Gasteiger partial charge is 0.00966 e. The Bertz CT molecular complexity index is 389. The Hall–Kier alpha value is -0.820. The van der Waals surface area contributed by atoms with Gasteiger partial charge in [-0.25, -0.2) is 0 Å². The van der Waals surface area contributed by atoms with Crippen molar-refractivity contribution in [1.29, 1.82) is 0 Å². The van der Waals surface area contributed by atoms with Crippen LogP contribution in [-0.2, 0) is 6.42 Å². The van der Waals surface area contributed by atoms with Crippen LogP contribution in [0.5, 0.6) is 0 Å². The Morgan fingerprint density at radius 2 is 1.76 bits per heavy atom. The van der Waals surface area contributed by atoms with Crippen molar-refractivity contribution in [2.45, 2.75) is 78.7 Å². The van der Waals surface area contributed by atoms with Gasteiger partial charge in [0.25, 0.3) is 0 Å². The average Bonchev–Trinajstić information content (AvgIpc) is 2.42. The van der Waals surface area contributed by atoms with E-state index in [9.17, 15) is 0 Å². The van der Waals surface area contributed by atoms with Crippen LogP contribution in [0, 0.1) is 12.8 Å². The zero-order valence-electron chi connectivity index (χ0n) is 14.8. The summed E-state index contributed by atoms with van der Waals surface area (Å²) in [7, 11) is 0. The highest BCUT2D eigenvalue weighted by Gasteiger charge is 2.15. The van der Waals surface area contributed by atoms with Crippen molar-refractivity contribution in [1.82, 2.24) is 5.32 Å². The maximum atomic E-state index is 3.70. The van der Waals surface area contributed by atoms with Crippen molar-refractivity contribution >= 4 is 0 Å². The minimum Gasteiger partial charge on any atom is -0.312 e. The number of aryl methyl sites for hydroxylation is 1. The van der Waals surface area contributed by atoms with E-state index in [1.165, 1.54) is 49.7 Å². The molecular weight excluding hydrogens is 254 g/mol. The van der Waals surface area contributed by atoms with E-state index in [1.54, 1.807) is 0 Å². The normalized spacial score (nSPS) is 13.4. The molecule has 120 valence electrons. The van der Waals surface area contributed by atoms with Crippen molar-refractivity contribution in [2.24, 2.45) is 5.92 Å². The lowest BCUT2D eigenvalue weighted by Gasteiger charge is -2.26. The van der Waals surface area contributed by atoms with Crippen LogP contribution >= 0.6 is 0 Å².